The first-order valence-corrected chi connectivity index (χ1v) is 10.3. The van der Waals surface area contributed by atoms with Crippen LogP contribution in [0.25, 0.3) is 0 Å². The van der Waals surface area contributed by atoms with Gasteiger partial charge >= 0.3 is 0 Å². The van der Waals surface area contributed by atoms with Crippen LogP contribution >= 0.6 is 24.0 Å². The lowest BCUT2D eigenvalue weighted by Gasteiger charge is -2.08. The van der Waals surface area contributed by atoms with Crippen LogP contribution in [-0.4, -0.2) is 34.2 Å². The monoisotopic (exact) mass is 382 g/mol. The molecule has 0 aliphatic rings. The number of pyridine rings is 2. The number of hydrogen-bond acceptors (Lipinski definition) is 6. The van der Waals surface area contributed by atoms with Crippen molar-refractivity contribution >= 4 is 38.3 Å². The predicted molar refractivity (Wildman–Crippen MR) is 101 cm³/mol. The number of rotatable bonds is 8. The van der Waals surface area contributed by atoms with Crippen molar-refractivity contribution in [1.29, 1.82) is 0 Å². The predicted octanol–water partition coefficient (Wildman–Crippen LogP) is 1.70. The number of aromatic nitrogens is 2. The van der Waals surface area contributed by atoms with Crippen LogP contribution in [-0.2, 0) is 23.1 Å². The zero-order valence-electron chi connectivity index (χ0n) is 12.9. The molecule has 2 rings (SSSR count). The van der Waals surface area contributed by atoms with Crippen molar-refractivity contribution < 1.29 is 8.42 Å². The fraction of sp³-hybridized carbons (Fsp3) is 0.267. The van der Waals surface area contributed by atoms with Crippen molar-refractivity contribution in [2.24, 2.45) is 0 Å². The summed E-state index contributed by atoms with van der Waals surface area (Å²) in [7, 11) is -3.34. The van der Waals surface area contributed by atoms with Gasteiger partial charge in [-0.25, -0.2) is 13.1 Å². The van der Waals surface area contributed by atoms with Crippen molar-refractivity contribution in [3.8, 4) is 0 Å². The zero-order valence-corrected chi connectivity index (χ0v) is 15.3. The number of thioether (sulfide) groups is 1. The fourth-order valence-electron chi connectivity index (χ4n) is 1.74. The highest BCUT2D eigenvalue weighted by Crippen LogP contribution is 2.05. The molecule has 2 aromatic heterocycles. The second kappa shape index (κ2) is 9.67. The van der Waals surface area contributed by atoms with Crippen molar-refractivity contribution in [3.05, 3.63) is 60.2 Å². The number of sulfonamides is 1. The van der Waals surface area contributed by atoms with Gasteiger partial charge in [-0.05, 0) is 23.3 Å². The molecule has 0 bridgehead atoms. The lowest BCUT2D eigenvalue weighted by atomic mass is 10.3. The Morgan fingerprint density at radius 3 is 2.29 bits per heavy atom. The summed E-state index contributed by atoms with van der Waals surface area (Å²) in [5.41, 5.74) is 1.84. The second-order valence-corrected chi connectivity index (χ2v) is 8.55. The number of thiocarbonyl (C=S) groups is 1. The van der Waals surface area contributed by atoms with Gasteiger partial charge < -0.3 is 5.32 Å². The molecule has 0 fully saturated rings. The van der Waals surface area contributed by atoms with E-state index in [4.69, 9.17) is 12.2 Å². The average molecular weight is 383 g/mol. The molecule has 0 aromatic carbocycles. The van der Waals surface area contributed by atoms with Crippen LogP contribution in [0.15, 0.2) is 49.1 Å². The molecule has 0 aliphatic carbocycles. The van der Waals surface area contributed by atoms with E-state index in [0.717, 1.165) is 11.1 Å². The standard InChI is InChI=1S/C15H18N4O2S3/c20-24(21,19-12-14-4-2-6-17-10-14)8-7-23-15(22)18-11-13-3-1-5-16-9-13/h1-6,9-10,19H,7-8,11-12H2,(H,18,22). The molecular weight excluding hydrogens is 364 g/mol. The molecule has 128 valence electrons. The van der Waals surface area contributed by atoms with E-state index in [1.165, 1.54) is 11.8 Å². The Kier molecular flexibility index (Phi) is 7.57. The van der Waals surface area contributed by atoms with Crippen LogP contribution < -0.4 is 10.0 Å². The molecule has 2 aromatic rings. The van der Waals surface area contributed by atoms with Gasteiger partial charge in [0.05, 0.1) is 5.75 Å². The lowest BCUT2D eigenvalue weighted by molar-refractivity contribution is 0.583. The largest absolute Gasteiger partial charge is 0.367 e. The summed E-state index contributed by atoms with van der Waals surface area (Å²) in [5, 5.41) is 3.07. The first-order chi connectivity index (χ1) is 11.6. The van der Waals surface area contributed by atoms with E-state index >= 15 is 0 Å². The molecule has 0 aliphatic heterocycles. The van der Waals surface area contributed by atoms with E-state index in [2.05, 4.69) is 20.0 Å². The van der Waals surface area contributed by atoms with E-state index in [-0.39, 0.29) is 12.3 Å². The Labute approximate surface area is 151 Å². The summed E-state index contributed by atoms with van der Waals surface area (Å²) in [6, 6.07) is 7.39. The molecule has 0 radical (unpaired) electrons. The third-order valence-electron chi connectivity index (χ3n) is 2.96. The van der Waals surface area contributed by atoms with Gasteiger partial charge in [0.15, 0.2) is 0 Å². The van der Waals surface area contributed by atoms with E-state index in [1.807, 2.05) is 18.2 Å². The minimum atomic E-state index is -3.34. The van der Waals surface area contributed by atoms with Gasteiger partial charge in [0, 0.05) is 43.6 Å². The maximum Gasteiger partial charge on any atom is 0.212 e. The lowest BCUT2D eigenvalue weighted by Crippen LogP contribution is -2.27. The number of hydrogen-bond donors (Lipinski definition) is 2. The molecule has 2 N–H and O–H groups in total. The molecule has 9 heteroatoms. The molecular formula is C15H18N4O2S3. The van der Waals surface area contributed by atoms with Crippen molar-refractivity contribution in [3.63, 3.8) is 0 Å². The smallest absolute Gasteiger partial charge is 0.212 e. The molecule has 0 unspecified atom stereocenters. The van der Waals surface area contributed by atoms with Gasteiger partial charge in [-0.2, -0.15) is 0 Å². The van der Waals surface area contributed by atoms with Gasteiger partial charge in [-0.1, -0.05) is 36.1 Å². The molecule has 0 saturated heterocycles. The van der Waals surface area contributed by atoms with E-state index < -0.39 is 10.0 Å². The van der Waals surface area contributed by atoms with Crippen LogP contribution in [0.4, 0.5) is 0 Å². The Balaban J connectivity index is 1.65. The summed E-state index contributed by atoms with van der Waals surface area (Å²) < 4.78 is 27.0. The highest BCUT2D eigenvalue weighted by atomic mass is 32.2. The fourth-order valence-corrected chi connectivity index (χ4v) is 4.16. The first kappa shape index (κ1) is 18.8. The third kappa shape index (κ3) is 7.35. The van der Waals surface area contributed by atoms with E-state index in [9.17, 15) is 8.42 Å². The van der Waals surface area contributed by atoms with Crippen LogP contribution in [0.2, 0.25) is 0 Å². The summed E-state index contributed by atoms with van der Waals surface area (Å²) in [6.45, 7) is 0.816. The van der Waals surface area contributed by atoms with Crippen LogP contribution in [0, 0.1) is 0 Å². The Bertz CT molecular complexity index is 740. The summed E-state index contributed by atoms with van der Waals surface area (Å²) in [5.74, 6) is 0.397. The topological polar surface area (TPSA) is 84.0 Å². The Morgan fingerprint density at radius 1 is 1.08 bits per heavy atom. The quantitative estimate of drug-likeness (QED) is 0.672. The molecule has 6 nitrogen and oxygen atoms in total. The highest BCUT2D eigenvalue weighted by molar-refractivity contribution is 8.23. The van der Waals surface area contributed by atoms with E-state index in [1.54, 1.807) is 30.9 Å². The number of nitrogens with one attached hydrogen (secondary N) is 2. The SMILES string of the molecule is O=S(=O)(CCSC(=S)NCc1cccnc1)NCc1cccnc1. The maximum absolute atomic E-state index is 11.9. The van der Waals surface area contributed by atoms with Gasteiger partial charge in [0.2, 0.25) is 10.0 Å². The zero-order chi connectivity index (χ0) is 17.3. The summed E-state index contributed by atoms with van der Waals surface area (Å²) in [4.78, 5) is 7.97. The molecule has 2 heterocycles. The highest BCUT2D eigenvalue weighted by Gasteiger charge is 2.10. The second-order valence-electron chi connectivity index (χ2n) is 4.85. The van der Waals surface area contributed by atoms with Crippen LogP contribution in [0.3, 0.4) is 0 Å². The van der Waals surface area contributed by atoms with Gasteiger partial charge in [0.1, 0.15) is 4.32 Å². The molecule has 0 amide bonds. The van der Waals surface area contributed by atoms with Gasteiger partial charge in [-0.15, -0.1) is 0 Å². The van der Waals surface area contributed by atoms with Gasteiger partial charge in [-0.3, -0.25) is 9.97 Å². The molecule has 0 saturated carbocycles. The minimum Gasteiger partial charge on any atom is -0.367 e. The Hall–Kier alpha value is -1.55. The van der Waals surface area contributed by atoms with Crippen LogP contribution in [0.5, 0.6) is 0 Å². The average Bonchev–Trinajstić information content (AvgIpc) is 2.60. The first-order valence-electron chi connectivity index (χ1n) is 7.21. The Morgan fingerprint density at radius 2 is 1.71 bits per heavy atom. The molecule has 0 atom stereocenters. The van der Waals surface area contributed by atoms with Gasteiger partial charge in [0.25, 0.3) is 0 Å². The van der Waals surface area contributed by atoms with E-state index in [0.29, 0.717) is 16.6 Å². The normalized spacial score (nSPS) is 11.2. The molecule has 24 heavy (non-hydrogen) atoms. The van der Waals surface area contributed by atoms with Crippen LogP contribution in [0.1, 0.15) is 11.1 Å². The summed E-state index contributed by atoms with van der Waals surface area (Å²) in [6.07, 6.45) is 6.75. The minimum absolute atomic E-state index is 0.00659. The number of nitrogens with zero attached hydrogens (tertiary/aromatic N) is 2. The molecule has 0 spiro atoms. The van der Waals surface area contributed by atoms with Crippen molar-refractivity contribution in [1.82, 2.24) is 20.0 Å². The van der Waals surface area contributed by atoms with Crippen molar-refractivity contribution in [2.45, 2.75) is 13.1 Å². The summed E-state index contributed by atoms with van der Waals surface area (Å²) >= 11 is 6.50. The van der Waals surface area contributed by atoms with Crippen molar-refractivity contribution in [2.75, 3.05) is 11.5 Å². The third-order valence-corrected chi connectivity index (χ3v) is 5.86. The maximum atomic E-state index is 11.9.